The highest BCUT2D eigenvalue weighted by molar-refractivity contribution is 5.11. The molecule has 10 aliphatic rings. The molecule has 244 valence electrons. The van der Waals surface area contributed by atoms with Crippen molar-refractivity contribution in [2.24, 2.45) is 53.3 Å². The summed E-state index contributed by atoms with van der Waals surface area (Å²) in [5.74, 6) is 1.35. The lowest BCUT2D eigenvalue weighted by Gasteiger charge is -2.61. The van der Waals surface area contributed by atoms with E-state index in [2.05, 4.69) is 27.7 Å². The van der Waals surface area contributed by atoms with Crippen molar-refractivity contribution in [1.29, 1.82) is 0 Å². The first-order chi connectivity index (χ1) is 20.5. The van der Waals surface area contributed by atoms with Gasteiger partial charge in [-0.2, -0.15) is 0 Å². The average molecular weight is 607 g/mol. The van der Waals surface area contributed by atoms with E-state index in [0.29, 0.717) is 23.7 Å². The molecule has 8 aliphatic heterocycles. The number of rotatable bonds is 5. The van der Waals surface area contributed by atoms with Gasteiger partial charge in [0.2, 0.25) is 11.6 Å². The Morgan fingerprint density at radius 3 is 1.47 bits per heavy atom. The zero-order valence-electron chi connectivity index (χ0n) is 27.0. The molecule has 0 unspecified atom stereocenters. The van der Waals surface area contributed by atoms with Gasteiger partial charge in [0, 0.05) is 31.3 Å². The van der Waals surface area contributed by atoms with Gasteiger partial charge < -0.3 is 24.1 Å². The summed E-state index contributed by atoms with van der Waals surface area (Å²) >= 11 is 0. The van der Waals surface area contributed by atoms with Gasteiger partial charge in [-0.15, -0.1) is 0 Å². The fourth-order valence-electron chi connectivity index (χ4n) is 11.4. The van der Waals surface area contributed by atoms with Crippen molar-refractivity contribution in [3.05, 3.63) is 0 Å². The van der Waals surface area contributed by atoms with Gasteiger partial charge in [0.1, 0.15) is 0 Å². The summed E-state index contributed by atoms with van der Waals surface area (Å²) in [7, 11) is 0. The van der Waals surface area contributed by atoms with Crippen molar-refractivity contribution in [2.75, 3.05) is 6.61 Å². The van der Waals surface area contributed by atoms with Crippen molar-refractivity contribution < 1.29 is 43.6 Å². The maximum absolute atomic E-state index is 10.8. The molecule has 4 bridgehead atoms. The predicted molar refractivity (Wildman–Crippen MR) is 153 cm³/mol. The number of hydrogen-bond acceptors (Lipinski definition) is 9. The second-order valence-electron chi connectivity index (χ2n) is 16.4. The third-order valence-electron chi connectivity index (χ3n) is 14.0. The van der Waals surface area contributed by atoms with E-state index in [9.17, 15) is 5.11 Å². The zero-order chi connectivity index (χ0) is 29.9. The molecule has 1 N–H and O–H groups in total. The highest BCUT2D eigenvalue weighted by Gasteiger charge is 2.71. The summed E-state index contributed by atoms with van der Waals surface area (Å²) in [5.41, 5.74) is -1.12. The Morgan fingerprint density at radius 1 is 0.605 bits per heavy atom. The smallest absolute Gasteiger partial charge is 0.201 e. The molecule has 16 atom stereocenters. The summed E-state index contributed by atoms with van der Waals surface area (Å²) in [6.45, 7) is 13.4. The molecule has 0 radical (unpaired) electrons. The number of ether oxygens (including phenoxy) is 4. The maximum Gasteiger partial charge on any atom is 0.201 e. The van der Waals surface area contributed by atoms with Gasteiger partial charge in [-0.25, -0.2) is 19.6 Å². The second kappa shape index (κ2) is 10.3. The Kier molecular flexibility index (Phi) is 7.20. The maximum atomic E-state index is 10.8. The monoisotopic (exact) mass is 606 g/mol. The van der Waals surface area contributed by atoms with Crippen molar-refractivity contribution in [2.45, 2.75) is 153 Å². The zero-order valence-corrected chi connectivity index (χ0v) is 27.0. The van der Waals surface area contributed by atoms with Gasteiger partial charge in [-0.3, -0.25) is 0 Å². The predicted octanol–water partition coefficient (Wildman–Crippen LogP) is 5.88. The third-order valence-corrected chi connectivity index (χ3v) is 14.0. The molecule has 2 saturated carbocycles. The summed E-state index contributed by atoms with van der Waals surface area (Å²) in [6.07, 6.45) is 8.74. The lowest BCUT2D eigenvalue weighted by Crippen LogP contribution is -2.70. The van der Waals surface area contributed by atoms with Crippen LogP contribution in [0.2, 0.25) is 0 Å². The summed E-state index contributed by atoms with van der Waals surface area (Å²) < 4.78 is 27.0. The summed E-state index contributed by atoms with van der Waals surface area (Å²) in [4.78, 5) is 24.7. The van der Waals surface area contributed by atoms with E-state index >= 15 is 0 Å². The summed E-state index contributed by atoms with van der Waals surface area (Å²) in [5, 5.41) is 10.8. The molecule has 0 aromatic carbocycles. The lowest BCUT2D eigenvalue weighted by atomic mass is 9.56. The summed E-state index contributed by atoms with van der Waals surface area (Å²) in [6, 6.07) is 0. The van der Waals surface area contributed by atoms with E-state index in [0.717, 1.165) is 51.4 Å². The van der Waals surface area contributed by atoms with Crippen LogP contribution in [-0.4, -0.2) is 59.3 Å². The fourth-order valence-corrected chi connectivity index (χ4v) is 11.4. The van der Waals surface area contributed by atoms with E-state index in [4.69, 9.17) is 38.5 Å². The van der Waals surface area contributed by atoms with Crippen LogP contribution in [0.5, 0.6) is 0 Å². The molecule has 0 amide bonds. The van der Waals surface area contributed by atoms with Crippen molar-refractivity contribution in [1.82, 2.24) is 0 Å². The van der Waals surface area contributed by atoms with Crippen molar-refractivity contribution in [3.8, 4) is 0 Å². The topological polar surface area (TPSA) is 94.1 Å². The molecule has 10 rings (SSSR count). The van der Waals surface area contributed by atoms with Crippen LogP contribution < -0.4 is 0 Å². The Morgan fingerprint density at radius 2 is 1.05 bits per heavy atom. The molecule has 9 heteroatoms. The lowest BCUT2D eigenvalue weighted by molar-refractivity contribution is -0.571. The van der Waals surface area contributed by atoms with E-state index in [-0.39, 0.29) is 48.4 Å². The Labute approximate surface area is 256 Å². The van der Waals surface area contributed by atoms with Crippen LogP contribution in [0.15, 0.2) is 0 Å². The van der Waals surface area contributed by atoms with Gasteiger partial charge >= 0.3 is 0 Å². The average Bonchev–Trinajstić information content (AvgIpc) is 3.35. The SMILES string of the molecule is C[C@H]1[C@@H](CC(CO)C[C@H]2O[C@@H]3O[C@]4(C)CC[C@H]5[C@H](C)CC[C@@H]([C@H]2C)[C@@]35OO4)O[C@@H]2O[C@]3(C)CC[C@H]4[C@H](C)CC[C@@H]1[C@@]24OO3. The van der Waals surface area contributed by atoms with Gasteiger partial charge in [-0.1, -0.05) is 27.7 Å². The minimum absolute atomic E-state index is 0.0334. The van der Waals surface area contributed by atoms with Gasteiger partial charge in [0.15, 0.2) is 23.8 Å². The molecule has 2 aliphatic carbocycles. The van der Waals surface area contributed by atoms with Crippen LogP contribution in [0.25, 0.3) is 0 Å². The van der Waals surface area contributed by atoms with E-state index < -0.39 is 35.4 Å². The Bertz CT molecular complexity index is 994. The van der Waals surface area contributed by atoms with E-state index in [1.807, 2.05) is 13.8 Å². The first-order valence-electron chi connectivity index (χ1n) is 17.5. The number of fused-ring (bicyclic) bond motifs is 4. The number of aliphatic hydroxyl groups excluding tert-OH is 1. The highest BCUT2D eigenvalue weighted by Crippen LogP contribution is 2.63. The van der Waals surface area contributed by atoms with Gasteiger partial charge in [0.25, 0.3) is 0 Å². The second-order valence-corrected chi connectivity index (χ2v) is 16.4. The standard InChI is InChI=1S/C34H54O9/c1-18-7-9-25-20(3)27(36-29-33(25)23(18)11-13-31(5,38-29)40-42-33)15-22(17-35)16-28-21(4)26-10-8-19(2)24-12-14-32(6)39-30(37-28)34(24,26)43-41-32/h18-30,35H,7-17H2,1-6H3/t18-,19-,20-,21-,23+,24+,25+,26+,27-,28-,29-,30-,31+,32+,33-,34-/m1/s1. The number of hydrogen-bond donors (Lipinski definition) is 1. The molecule has 0 aromatic rings. The molecule has 8 heterocycles. The quantitative estimate of drug-likeness (QED) is 0.385. The third kappa shape index (κ3) is 4.28. The molecule has 2 spiro atoms. The number of aliphatic hydroxyl groups is 1. The van der Waals surface area contributed by atoms with Gasteiger partial charge in [-0.05, 0) is 107 Å². The van der Waals surface area contributed by atoms with Crippen LogP contribution in [0.3, 0.4) is 0 Å². The molecule has 10 fully saturated rings. The molecule has 0 aromatic heterocycles. The fraction of sp³-hybridized carbons (Fsp3) is 1.00. The minimum atomic E-state index is -0.782. The first kappa shape index (κ1) is 30.0. The van der Waals surface area contributed by atoms with Crippen LogP contribution in [0, 0.1) is 53.3 Å². The van der Waals surface area contributed by atoms with Crippen molar-refractivity contribution in [3.63, 3.8) is 0 Å². The van der Waals surface area contributed by atoms with E-state index in [1.165, 1.54) is 12.8 Å². The minimum Gasteiger partial charge on any atom is -0.396 e. The van der Waals surface area contributed by atoms with Crippen LogP contribution in [0.1, 0.15) is 106 Å². The molecular weight excluding hydrogens is 552 g/mol. The molecule has 9 nitrogen and oxygen atoms in total. The normalized spacial score (nSPS) is 59.5. The van der Waals surface area contributed by atoms with Crippen molar-refractivity contribution >= 4 is 0 Å². The van der Waals surface area contributed by atoms with Gasteiger partial charge in [0.05, 0.1) is 12.2 Å². The largest absolute Gasteiger partial charge is 0.396 e. The molecule has 8 saturated heterocycles. The molecule has 43 heavy (non-hydrogen) atoms. The molecular formula is C34H54O9. The Balaban J connectivity index is 1.02. The van der Waals surface area contributed by atoms with Crippen LogP contribution >= 0.6 is 0 Å². The Hall–Kier alpha value is -0.360. The van der Waals surface area contributed by atoms with Crippen LogP contribution in [-0.2, 0) is 38.5 Å². The van der Waals surface area contributed by atoms with Crippen LogP contribution in [0.4, 0.5) is 0 Å². The van der Waals surface area contributed by atoms with E-state index in [1.54, 1.807) is 0 Å². The first-order valence-corrected chi connectivity index (χ1v) is 17.5. The highest BCUT2D eigenvalue weighted by atomic mass is 17.3.